The van der Waals surface area contributed by atoms with Crippen molar-refractivity contribution < 1.29 is 8.42 Å². The van der Waals surface area contributed by atoms with Crippen molar-refractivity contribution in [1.29, 1.82) is 0 Å². The molecule has 1 atom stereocenters. The minimum absolute atomic E-state index is 0.00912. The van der Waals surface area contributed by atoms with Gasteiger partial charge in [-0.1, -0.05) is 6.07 Å². The van der Waals surface area contributed by atoms with Gasteiger partial charge in [-0.15, -0.1) is 0 Å². The topological polar surface area (TPSA) is 80.1 Å². The van der Waals surface area contributed by atoms with Gasteiger partial charge >= 0.3 is 0 Å². The van der Waals surface area contributed by atoms with Crippen molar-refractivity contribution in [2.24, 2.45) is 0 Å². The molecule has 1 aliphatic rings. The lowest BCUT2D eigenvalue weighted by molar-refractivity contribution is 0.168. The predicted molar refractivity (Wildman–Crippen MR) is 82.5 cm³/mol. The highest BCUT2D eigenvalue weighted by Gasteiger charge is 2.26. The van der Waals surface area contributed by atoms with E-state index in [1.165, 1.54) is 6.26 Å². The number of rotatable bonds is 5. The van der Waals surface area contributed by atoms with Crippen LogP contribution in [0.3, 0.4) is 0 Å². The quantitative estimate of drug-likeness (QED) is 0.861. The highest BCUT2D eigenvalue weighted by molar-refractivity contribution is 7.88. The van der Waals surface area contributed by atoms with Crippen LogP contribution in [0.4, 0.5) is 0 Å². The van der Waals surface area contributed by atoms with Gasteiger partial charge in [-0.05, 0) is 17.7 Å². The van der Waals surface area contributed by atoms with E-state index < -0.39 is 10.0 Å². The van der Waals surface area contributed by atoms with Crippen LogP contribution in [0.1, 0.15) is 17.3 Å². The average Bonchev–Trinajstić information content (AvgIpc) is 2.93. The fourth-order valence-corrected chi connectivity index (χ4v) is 3.23. The minimum Gasteiger partial charge on any atom is -0.291 e. The van der Waals surface area contributed by atoms with Crippen LogP contribution < -0.4 is 4.72 Å². The summed E-state index contributed by atoms with van der Waals surface area (Å²) in [6.07, 6.45) is 6.55. The van der Waals surface area contributed by atoms with Crippen molar-refractivity contribution >= 4 is 10.0 Å². The van der Waals surface area contributed by atoms with Crippen LogP contribution in [0.25, 0.3) is 0 Å². The second-order valence-corrected chi connectivity index (χ2v) is 7.41. The first-order valence-electron chi connectivity index (χ1n) is 7.09. The highest BCUT2D eigenvalue weighted by atomic mass is 32.2. The van der Waals surface area contributed by atoms with Crippen LogP contribution in [-0.4, -0.2) is 47.4 Å². The summed E-state index contributed by atoms with van der Waals surface area (Å²) < 4.78 is 27.2. The third kappa shape index (κ3) is 3.70. The van der Waals surface area contributed by atoms with E-state index in [4.69, 9.17) is 0 Å². The molecule has 0 unspecified atom stereocenters. The summed E-state index contributed by atoms with van der Waals surface area (Å²) in [5.41, 5.74) is 2.24. The molecule has 1 N–H and O–H groups in total. The van der Waals surface area contributed by atoms with Crippen LogP contribution in [0, 0.1) is 0 Å². The van der Waals surface area contributed by atoms with E-state index in [0.29, 0.717) is 6.54 Å². The second-order valence-electron chi connectivity index (χ2n) is 5.57. The largest absolute Gasteiger partial charge is 0.291 e. The number of fused-ring (bicyclic) bond motifs is 1. The highest BCUT2D eigenvalue weighted by Crippen LogP contribution is 2.21. The molecule has 0 aliphatic carbocycles. The number of hydrogen-bond donors (Lipinski definition) is 1. The molecule has 0 aromatic carbocycles. The normalized spacial score (nSPS) is 19.0. The molecule has 2 aromatic rings. The van der Waals surface area contributed by atoms with Crippen molar-refractivity contribution in [2.45, 2.75) is 19.1 Å². The van der Waals surface area contributed by atoms with Crippen LogP contribution >= 0.6 is 0 Å². The van der Waals surface area contributed by atoms with E-state index in [2.05, 4.69) is 19.7 Å². The Kier molecular flexibility index (Phi) is 4.23. The Morgan fingerprint density at radius 2 is 2.23 bits per heavy atom. The SMILES string of the molecule is CS(=O)(=O)NC[C@H]1CN(Cc2cccnc2)Cc2ccnn21. The van der Waals surface area contributed by atoms with E-state index in [-0.39, 0.29) is 6.04 Å². The maximum Gasteiger partial charge on any atom is 0.208 e. The van der Waals surface area contributed by atoms with Crippen LogP contribution in [0.5, 0.6) is 0 Å². The Morgan fingerprint density at radius 3 is 2.95 bits per heavy atom. The molecule has 1 aliphatic heterocycles. The number of nitrogens with one attached hydrogen (secondary N) is 1. The van der Waals surface area contributed by atoms with Gasteiger partial charge in [0.2, 0.25) is 10.0 Å². The van der Waals surface area contributed by atoms with Crippen molar-refractivity contribution in [2.75, 3.05) is 19.3 Å². The Balaban J connectivity index is 1.74. The van der Waals surface area contributed by atoms with Crippen molar-refractivity contribution in [3.63, 3.8) is 0 Å². The molecule has 0 saturated heterocycles. The lowest BCUT2D eigenvalue weighted by atomic mass is 10.1. The molecule has 0 bridgehead atoms. The summed E-state index contributed by atoms with van der Waals surface area (Å²) in [6.45, 7) is 2.67. The lowest BCUT2D eigenvalue weighted by Crippen LogP contribution is -2.42. The molecule has 118 valence electrons. The van der Waals surface area contributed by atoms with Crippen LogP contribution in [-0.2, 0) is 23.1 Å². The zero-order chi connectivity index (χ0) is 15.6. The van der Waals surface area contributed by atoms with Gasteiger partial charge in [-0.25, -0.2) is 13.1 Å². The van der Waals surface area contributed by atoms with Gasteiger partial charge in [0.25, 0.3) is 0 Å². The van der Waals surface area contributed by atoms with E-state index in [1.807, 2.05) is 29.1 Å². The molecule has 0 saturated carbocycles. The zero-order valence-electron chi connectivity index (χ0n) is 12.4. The summed E-state index contributed by atoms with van der Waals surface area (Å²) in [4.78, 5) is 6.42. The predicted octanol–water partition coefficient (Wildman–Crippen LogP) is 0.384. The number of aromatic nitrogens is 3. The van der Waals surface area contributed by atoms with E-state index in [0.717, 1.165) is 30.9 Å². The first kappa shape index (κ1) is 15.1. The summed E-state index contributed by atoms with van der Waals surface area (Å²) in [5, 5.41) is 4.32. The van der Waals surface area contributed by atoms with Gasteiger partial charge in [0, 0.05) is 44.8 Å². The second kappa shape index (κ2) is 6.15. The molecule has 0 radical (unpaired) electrons. The minimum atomic E-state index is -3.21. The summed E-state index contributed by atoms with van der Waals surface area (Å²) in [5.74, 6) is 0. The Morgan fingerprint density at radius 1 is 1.36 bits per heavy atom. The van der Waals surface area contributed by atoms with Crippen LogP contribution in [0.2, 0.25) is 0 Å². The van der Waals surface area contributed by atoms with E-state index in [9.17, 15) is 8.42 Å². The number of pyridine rings is 1. The third-order valence-corrected chi connectivity index (χ3v) is 4.35. The number of sulfonamides is 1. The molecule has 8 heteroatoms. The first-order chi connectivity index (χ1) is 10.5. The smallest absolute Gasteiger partial charge is 0.208 e. The molecular weight excluding hydrogens is 302 g/mol. The molecule has 7 nitrogen and oxygen atoms in total. The Bertz CT molecular complexity index is 729. The molecule has 2 aromatic heterocycles. The first-order valence-corrected chi connectivity index (χ1v) is 8.99. The molecular formula is C14H19N5O2S. The Labute approximate surface area is 130 Å². The van der Waals surface area contributed by atoms with Crippen molar-refractivity contribution in [3.8, 4) is 0 Å². The molecule has 0 fully saturated rings. The summed E-state index contributed by atoms with van der Waals surface area (Å²) in [6, 6.07) is 5.93. The summed E-state index contributed by atoms with van der Waals surface area (Å²) in [7, 11) is -3.21. The lowest BCUT2D eigenvalue weighted by Gasteiger charge is -2.33. The summed E-state index contributed by atoms with van der Waals surface area (Å²) >= 11 is 0. The van der Waals surface area contributed by atoms with Gasteiger partial charge in [-0.3, -0.25) is 14.6 Å². The maximum absolute atomic E-state index is 11.3. The molecule has 3 heterocycles. The number of hydrogen-bond acceptors (Lipinski definition) is 5. The third-order valence-electron chi connectivity index (χ3n) is 3.66. The van der Waals surface area contributed by atoms with E-state index in [1.54, 1.807) is 12.4 Å². The van der Waals surface area contributed by atoms with Crippen molar-refractivity contribution in [1.82, 2.24) is 24.4 Å². The standard InChI is InChI=1S/C14H19N5O2S/c1-22(20,21)17-8-14-11-18(9-12-3-2-5-15-7-12)10-13-4-6-16-19(13)14/h2-7,14,17H,8-11H2,1H3/t14-/m0/s1. The fraction of sp³-hybridized carbons (Fsp3) is 0.429. The van der Waals surface area contributed by atoms with Gasteiger partial charge in [0.1, 0.15) is 0 Å². The Hall–Kier alpha value is -1.77. The fourth-order valence-electron chi connectivity index (χ4n) is 2.73. The van der Waals surface area contributed by atoms with E-state index >= 15 is 0 Å². The van der Waals surface area contributed by atoms with Gasteiger partial charge in [0.15, 0.2) is 0 Å². The van der Waals surface area contributed by atoms with Crippen LogP contribution in [0.15, 0.2) is 36.8 Å². The zero-order valence-corrected chi connectivity index (χ0v) is 13.2. The van der Waals surface area contributed by atoms with Gasteiger partial charge in [0.05, 0.1) is 18.0 Å². The van der Waals surface area contributed by atoms with Gasteiger partial charge in [-0.2, -0.15) is 5.10 Å². The number of nitrogens with zero attached hydrogens (tertiary/aromatic N) is 4. The van der Waals surface area contributed by atoms with Gasteiger partial charge < -0.3 is 0 Å². The molecule has 22 heavy (non-hydrogen) atoms. The molecule has 0 amide bonds. The monoisotopic (exact) mass is 321 g/mol. The maximum atomic E-state index is 11.3. The van der Waals surface area contributed by atoms with Crippen molar-refractivity contribution in [3.05, 3.63) is 48.0 Å². The molecule has 3 rings (SSSR count). The molecule has 0 spiro atoms. The average molecular weight is 321 g/mol.